The van der Waals surface area contributed by atoms with E-state index >= 15 is 0 Å². The Morgan fingerprint density at radius 1 is 1.03 bits per heavy atom. The third kappa shape index (κ3) is 4.93. The summed E-state index contributed by atoms with van der Waals surface area (Å²) in [7, 11) is 0.522. The molecule has 1 amide bonds. The van der Waals surface area contributed by atoms with Crippen molar-refractivity contribution in [2.45, 2.75) is 18.0 Å². The van der Waals surface area contributed by atoms with E-state index in [0.29, 0.717) is 18.7 Å². The van der Waals surface area contributed by atoms with Gasteiger partial charge in [0.1, 0.15) is 0 Å². The number of hydroxylamine groups is 1. The minimum atomic E-state index is -3.75. The van der Waals surface area contributed by atoms with Crippen molar-refractivity contribution in [3.63, 3.8) is 0 Å². The number of sulfonamides is 1. The number of hydrogen-bond donors (Lipinski definition) is 0. The highest BCUT2D eigenvalue weighted by Crippen LogP contribution is 2.16. The molecule has 0 saturated heterocycles. The Hall–Kier alpha value is -3.01. The average Bonchev–Trinajstić information content (AvgIpc) is 3.19. The van der Waals surface area contributed by atoms with Gasteiger partial charge in [0.25, 0.3) is 15.9 Å². The molecule has 0 aliphatic heterocycles. The van der Waals surface area contributed by atoms with Crippen molar-refractivity contribution < 1.29 is 18.0 Å². The summed E-state index contributed by atoms with van der Waals surface area (Å²) in [6.07, 6.45) is 3.65. The van der Waals surface area contributed by atoms with Crippen LogP contribution in [0.2, 0.25) is 0 Å². The Labute approximate surface area is 176 Å². The van der Waals surface area contributed by atoms with E-state index in [1.807, 2.05) is 41.2 Å². The van der Waals surface area contributed by atoms with Gasteiger partial charge in [-0.2, -0.15) is 5.10 Å². The molecule has 0 N–H and O–H groups in total. The van der Waals surface area contributed by atoms with Crippen molar-refractivity contribution >= 4 is 15.9 Å². The van der Waals surface area contributed by atoms with Crippen LogP contribution in [-0.4, -0.2) is 54.7 Å². The second kappa shape index (κ2) is 9.21. The molecule has 0 atom stereocenters. The van der Waals surface area contributed by atoms with Crippen molar-refractivity contribution in [1.29, 1.82) is 0 Å². The van der Waals surface area contributed by atoms with Crippen LogP contribution >= 0.6 is 0 Å². The minimum Gasteiger partial charge on any atom is -0.337 e. The van der Waals surface area contributed by atoms with Gasteiger partial charge in [0.15, 0.2) is 0 Å². The van der Waals surface area contributed by atoms with Gasteiger partial charge < -0.3 is 4.90 Å². The first-order valence-corrected chi connectivity index (χ1v) is 10.7. The van der Waals surface area contributed by atoms with Crippen LogP contribution in [0.4, 0.5) is 0 Å². The molecule has 0 spiro atoms. The molecule has 1 aromatic heterocycles. The summed E-state index contributed by atoms with van der Waals surface area (Å²) in [5.41, 5.74) is 2.45. The third-order valence-electron chi connectivity index (χ3n) is 4.64. The zero-order valence-corrected chi connectivity index (χ0v) is 17.9. The molecule has 2 aromatic carbocycles. The fourth-order valence-corrected chi connectivity index (χ4v) is 3.90. The fraction of sp³-hybridized carbons (Fsp3) is 0.238. The lowest BCUT2D eigenvalue weighted by atomic mass is 10.2. The number of benzene rings is 2. The number of nitrogens with zero attached hydrogens (tertiary/aromatic N) is 4. The zero-order valence-electron chi connectivity index (χ0n) is 17.1. The first kappa shape index (κ1) is 21.7. The predicted octanol–water partition coefficient (Wildman–Crippen LogP) is 2.39. The lowest BCUT2D eigenvalue weighted by Crippen LogP contribution is -2.27. The molecule has 0 fully saturated rings. The lowest BCUT2D eigenvalue weighted by molar-refractivity contribution is -0.0258. The summed E-state index contributed by atoms with van der Waals surface area (Å²) in [6, 6.07) is 15.8. The Morgan fingerprint density at radius 2 is 1.70 bits per heavy atom. The van der Waals surface area contributed by atoms with Crippen LogP contribution in [0.5, 0.6) is 0 Å². The van der Waals surface area contributed by atoms with Crippen LogP contribution in [0.25, 0.3) is 0 Å². The Kier molecular flexibility index (Phi) is 6.66. The lowest BCUT2D eigenvalue weighted by Gasteiger charge is -2.17. The topological polar surface area (TPSA) is 84.7 Å². The average molecular weight is 429 g/mol. The van der Waals surface area contributed by atoms with Crippen LogP contribution in [0.3, 0.4) is 0 Å². The number of aromatic nitrogens is 2. The highest BCUT2D eigenvalue weighted by molar-refractivity contribution is 7.89. The van der Waals surface area contributed by atoms with Crippen molar-refractivity contribution in [3.05, 3.63) is 83.7 Å². The number of amides is 1. The molecule has 3 aromatic rings. The van der Waals surface area contributed by atoms with Crippen molar-refractivity contribution in [2.75, 3.05) is 21.2 Å². The van der Waals surface area contributed by atoms with Gasteiger partial charge in [-0.15, -0.1) is 0 Å². The summed E-state index contributed by atoms with van der Waals surface area (Å²) in [5.74, 6) is -0.213. The zero-order chi connectivity index (χ0) is 21.7. The molecule has 0 radical (unpaired) electrons. The highest BCUT2D eigenvalue weighted by atomic mass is 32.2. The Bertz CT molecular complexity index is 1100. The van der Waals surface area contributed by atoms with Crippen LogP contribution in [0.1, 0.15) is 21.5 Å². The van der Waals surface area contributed by atoms with E-state index in [0.717, 1.165) is 15.6 Å². The monoisotopic (exact) mass is 428 g/mol. The van der Waals surface area contributed by atoms with Gasteiger partial charge in [0.2, 0.25) is 0 Å². The molecular formula is C21H24N4O4S. The van der Waals surface area contributed by atoms with Gasteiger partial charge >= 0.3 is 0 Å². The molecule has 8 nitrogen and oxygen atoms in total. The van der Waals surface area contributed by atoms with E-state index in [-0.39, 0.29) is 10.8 Å². The van der Waals surface area contributed by atoms with Crippen LogP contribution in [0.15, 0.2) is 71.9 Å². The largest absolute Gasteiger partial charge is 0.337 e. The van der Waals surface area contributed by atoms with Gasteiger partial charge in [-0.25, -0.2) is 8.42 Å². The predicted molar refractivity (Wildman–Crippen MR) is 112 cm³/mol. The molecule has 0 bridgehead atoms. The van der Waals surface area contributed by atoms with Gasteiger partial charge in [-0.05, 0) is 29.8 Å². The number of rotatable bonds is 8. The summed E-state index contributed by atoms with van der Waals surface area (Å²) in [5, 5.41) is 4.36. The highest BCUT2D eigenvalue weighted by Gasteiger charge is 2.21. The molecule has 0 aliphatic carbocycles. The molecule has 0 unspecified atom stereocenters. The molecular weight excluding hydrogens is 404 g/mol. The first-order valence-electron chi connectivity index (χ1n) is 9.25. The SMILES string of the molecule is CON(C)S(=O)(=O)c1ccc(C(=O)N(C)Cc2cnn(Cc3ccccc3)c2)cc1. The second-order valence-corrected chi connectivity index (χ2v) is 8.75. The fourth-order valence-electron chi connectivity index (χ4n) is 2.93. The Morgan fingerprint density at radius 3 is 2.33 bits per heavy atom. The smallest absolute Gasteiger partial charge is 0.264 e. The van der Waals surface area contributed by atoms with E-state index in [4.69, 9.17) is 4.84 Å². The van der Waals surface area contributed by atoms with E-state index in [2.05, 4.69) is 5.10 Å². The van der Waals surface area contributed by atoms with Crippen LogP contribution in [0, 0.1) is 0 Å². The van der Waals surface area contributed by atoms with Gasteiger partial charge in [-0.1, -0.05) is 34.8 Å². The number of carbonyl (C=O) groups is 1. The molecule has 9 heteroatoms. The van der Waals surface area contributed by atoms with Crippen molar-refractivity contribution in [2.24, 2.45) is 0 Å². The molecule has 1 heterocycles. The van der Waals surface area contributed by atoms with Crippen molar-refractivity contribution in [3.8, 4) is 0 Å². The minimum absolute atomic E-state index is 0.0493. The summed E-state index contributed by atoms with van der Waals surface area (Å²) in [6.45, 7) is 1.05. The quantitative estimate of drug-likeness (QED) is 0.515. The third-order valence-corrected chi connectivity index (χ3v) is 6.33. The first-order chi connectivity index (χ1) is 14.3. The van der Waals surface area contributed by atoms with Gasteiger partial charge in [-0.3, -0.25) is 14.3 Å². The molecule has 0 saturated carbocycles. The van der Waals surface area contributed by atoms with E-state index in [9.17, 15) is 13.2 Å². The summed E-state index contributed by atoms with van der Waals surface area (Å²) < 4.78 is 27.1. The summed E-state index contributed by atoms with van der Waals surface area (Å²) >= 11 is 0. The molecule has 3 rings (SSSR count). The van der Waals surface area contributed by atoms with Gasteiger partial charge in [0, 0.05) is 38.0 Å². The maximum absolute atomic E-state index is 12.7. The van der Waals surface area contributed by atoms with Crippen LogP contribution < -0.4 is 0 Å². The normalized spacial score (nSPS) is 11.6. The van der Waals surface area contributed by atoms with E-state index < -0.39 is 10.0 Å². The van der Waals surface area contributed by atoms with Crippen molar-refractivity contribution in [1.82, 2.24) is 19.1 Å². The maximum Gasteiger partial charge on any atom is 0.264 e. The molecule has 30 heavy (non-hydrogen) atoms. The standard InChI is InChI=1S/C21H24N4O4S/c1-23(14-18-13-22-25(16-18)15-17-7-5-4-6-8-17)21(26)19-9-11-20(12-10-19)30(27,28)24(2)29-3/h4-13,16H,14-15H2,1-3H3. The molecule has 158 valence electrons. The van der Waals surface area contributed by atoms with E-state index in [1.165, 1.54) is 38.4 Å². The number of carbonyl (C=O) groups excluding carboxylic acids is 1. The number of hydrogen-bond acceptors (Lipinski definition) is 5. The maximum atomic E-state index is 12.7. The molecule has 0 aliphatic rings. The summed E-state index contributed by atoms with van der Waals surface area (Å²) in [4.78, 5) is 19.1. The van der Waals surface area contributed by atoms with Gasteiger partial charge in [0.05, 0.1) is 24.7 Å². The van der Waals surface area contributed by atoms with E-state index in [1.54, 1.807) is 18.1 Å². The Balaban J connectivity index is 1.65. The van der Waals surface area contributed by atoms with Crippen LogP contribution in [-0.2, 0) is 28.0 Å². The second-order valence-electron chi connectivity index (χ2n) is 6.81.